The maximum Gasteiger partial charge on any atom is 0.310 e. The van der Waals surface area contributed by atoms with Crippen molar-refractivity contribution < 1.29 is 29.5 Å². The summed E-state index contributed by atoms with van der Waals surface area (Å²) in [6, 6.07) is 19.4. The number of benzene rings is 3. The van der Waals surface area contributed by atoms with Crippen LogP contribution in [0.15, 0.2) is 66.7 Å². The smallest absolute Gasteiger partial charge is 0.310 e. The number of esters is 1. The van der Waals surface area contributed by atoms with Gasteiger partial charge in [-0.2, -0.15) is 0 Å². The molecule has 0 bridgehead atoms. The number of nitro groups is 1. The van der Waals surface area contributed by atoms with E-state index in [1.807, 2.05) is 48.5 Å². The highest BCUT2D eigenvalue weighted by Crippen LogP contribution is 2.44. The van der Waals surface area contributed by atoms with Crippen molar-refractivity contribution in [2.45, 2.75) is 18.8 Å². The molecule has 3 aromatic rings. The van der Waals surface area contributed by atoms with Gasteiger partial charge in [-0.25, -0.2) is 0 Å². The number of carboxylic acids is 1. The van der Waals surface area contributed by atoms with Crippen LogP contribution in [0.5, 0.6) is 5.75 Å². The first-order chi connectivity index (χ1) is 15.8. The Morgan fingerprint density at radius 3 is 2.18 bits per heavy atom. The molecule has 0 aromatic heterocycles. The quantitative estimate of drug-likeness (QED) is 0.300. The van der Waals surface area contributed by atoms with Gasteiger partial charge in [-0.05, 0) is 40.3 Å². The molecule has 0 fully saturated rings. The molecule has 1 aliphatic rings. The van der Waals surface area contributed by atoms with E-state index in [9.17, 15) is 29.9 Å². The number of ether oxygens (including phenoxy) is 1. The minimum atomic E-state index is -1.21. The lowest BCUT2D eigenvalue weighted by molar-refractivity contribution is -0.385. The summed E-state index contributed by atoms with van der Waals surface area (Å²) in [5, 5.41) is 30.2. The van der Waals surface area contributed by atoms with E-state index in [-0.39, 0.29) is 25.4 Å². The zero-order valence-corrected chi connectivity index (χ0v) is 17.5. The Morgan fingerprint density at radius 1 is 1.00 bits per heavy atom. The summed E-state index contributed by atoms with van der Waals surface area (Å²) < 4.78 is 5.49. The first kappa shape index (κ1) is 22.0. The summed E-state index contributed by atoms with van der Waals surface area (Å²) in [6.07, 6.45) is -0.485. The van der Waals surface area contributed by atoms with Crippen LogP contribution in [-0.4, -0.2) is 33.7 Å². The standard InChI is InChI=1S/C25H21NO7/c27-23-10-9-15(12-22(23)26(31)32)11-16(25(29)30)13-24(28)33-14-21-19-7-3-1-5-17(19)18-6-2-4-8-20(18)21/h1-10,12,16,21,27H,11,13-14H2,(H,29,30)/t16-/m1/s1. The molecule has 0 radical (unpaired) electrons. The molecule has 4 rings (SSSR count). The van der Waals surface area contributed by atoms with Crippen molar-refractivity contribution in [3.8, 4) is 16.9 Å². The summed E-state index contributed by atoms with van der Waals surface area (Å²) in [7, 11) is 0. The largest absolute Gasteiger partial charge is 0.502 e. The molecule has 0 saturated carbocycles. The molecule has 0 unspecified atom stereocenters. The molecule has 33 heavy (non-hydrogen) atoms. The average molecular weight is 447 g/mol. The minimum absolute atomic E-state index is 0.0872. The molecule has 8 heteroatoms. The molecule has 168 valence electrons. The third-order valence-corrected chi connectivity index (χ3v) is 5.85. The number of carboxylic acid groups (broad SMARTS) is 1. The van der Waals surface area contributed by atoms with Gasteiger partial charge in [-0.3, -0.25) is 19.7 Å². The van der Waals surface area contributed by atoms with E-state index in [1.54, 1.807) is 0 Å². The molecule has 0 heterocycles. The first-order valence-electron chi connectivity index (χ1n) is 10.4. The molecule has 0 amide bonds. The third kappa shape index (κ3) is 4.55. The summed E-state index contributed by atoms with van der Waals surface area (Å²) in [5.74, 6) is -3.63. The van der Waals surface area contributed by atoms with Crippen LogP contribution in [0.3, 0.4) is 0 Å². The van der Waals surface area contributed by atoms with Gasteiger partial charge in [-0.1, -0.05) is 54.6 Å². The second-order valence-electron chi connectivity index (χ2n) is 7.93. The SMILES string of the molecule is O=C(C[C@@H](Cc1ccc(O)c([N+](=O)[O-])c1)C(=O)O)OCC1c2ccccc2-c2ccccc21. The second kappa shape index (κ2) is 9.12. The van der Waals surface area contributed by atoms with Crippen LogP contribution in [0.2, 0.25) is 0 Å². The van der Waals surface area contributed by atoms with Crippen molar-refractivity contribution >= 4 is 17.6 Å². The number of nitrogens with zero attached hydrogens (tertiary/aromatic N) is 1. The predicted octanol–water partition coefficient (Wildman–Crippen LogP) is 4.29. The van der Waals surface area contributed by atoms with Crippen molar-refractivity contribution in [1.82, 2.24) is 0 Å². The van der Waals surface area contributed by atoms with E-state index in [4.69, 9.17) is 4.74 Å². The molecule has 8 nitrogen and oxygen atoms in total. The molecular weight excluding hydrogens is 426 g/mol. The van der Waals surface area contributed by atoms with Crippen LogP contribution in [0.25, 0.3) is 11.1 Å². The van der Waals surface area contributed by atoms with Gasteiger partial charge in [0.05, 0.1) is 17.3 Å². The Kier molecular flexibility index (Phi) is 6.08. The lowest BCUT2D eigenvalue weighted by Crippen LogP contribution is -2.23. The van der Waals surface area contributed by atoms with Crippen LogP contribution in [-0.2, 0) is 20.7 Å². The fraction of sp³-hybridized carbons (Fsp3) is 0.200. The second-order valence-corrected chi connectivity index (χ2v) is 7.93. The van der Waals surface area contributed by atoms with E-state index in [0.29, 0.717) is 5.56 Å². The highest BCUT2D eigenvalue weighted by Gasteiger charge is 2.30. The van der Waals surface area contributed by atoms with E-state index < -0.39 is 34.2 Å². The number of rotatable bonds is 8. The summed E-state index contributed by atoms with van der Waals surface area (Å²) in [4.78, 5) is 34.5. The Labute approximate surface area is 189 Å². The monoisotopic (exact) mass is 447 g/mol. The van der Waals surface area contributed by atoms with Gasteiger partial charge in [-0.15, -0.1) is 0 Å². The van der Waals surface area contributed by atoms with Crippen LogP contribution in [0, 0.1) is 16.0 Å². The van der Waals surface area contributed by atoms with Crippen LogP contribution in [0.1, 0.15) is 29.0 Å². The number of carbonyl (C=O) groups is 2. The maximum atomic E-state index is 12.5. The summed E-state index contributed by atoms with van der Waals surface area (Å²) in [5.41, 5.74) is 4.10. The lowest BCUT2D eigenvalue weighted by Gasteiger charge is -2.16. The number of hydrogen-bond acceptors (Lipinski definition) is 6. The minimum Gasteiger partial charge on any atom is -0.502 e. The maximum absolute atomic E-state index is 12.5. The topological polar surface area (TPSA) is 127 Å². The number of fused-ring (bicyclic) bond motifs is 3. The Morgan fingerprint density at radius 2 is 1.61 bits per heavy atom. The van der Waals surface area contributed by atoms with Crippen LogP contribution < -0.4 is 0 Å². The van der Waals surface area contributed by atoms with Gasteiger partial charge in [0.25, 0.3) is 0 Å². The third-order valence-electron chi connectivity index (χ3n) is 5.85. The highest BCUT2D eigenvalue weighted by molar-refractivity contribution is 5.80. The van der Waals surface area contributed by atoms with E-state index in [1.165, 1.54) is 6.07 Å². The first-order valence-corrected chi connectivity index (χ1v) is 10.4. The molecular formula is C25H21NO7. The molecule has 1 atom stereocenters. The number of aliphatic carboxylic acids is 1. The Bertz CT molecular complexity index is 1190. The molecule has 0 aliphatic heterocycles. The fourth-order valence-corrected chi connectivity index (χ4v) is 4.25. The van der Waals surface area contributed by atoms with Crippen molar-refractivity contribution in [3.63, 3.8) is 0 Å². The number of phenolic OH excluding ortho intramolecular Hbond substituents is 1. The van der Waals surface area contributed by atoms with Gasteiger partial charge in [0.2, 0.25) is 0 Å². The fourth-order valence-electron chi connectivity index (χ4n) is 4.25. The van der Waals surface area contributed by atoms with E-state index >= 15 is 0 Å². The van der Waals surface area contributed by atoms with Gasteiger partial charge >= 0.3 is 17.6 Å². The predicted molar refractivity (Wildman–Crippen MR) is 119 cm³/mol. The van der Waals surface area contributed by atoms with Gasteiger partial charge in [0.15, 0.2) is 5.75 Å². The molecule has 1 aliphatic carbocycles. The van der Waals surface area contributed by atoms with Crippen molar-refractivity contribution in [2.75, 3.05) is 6.61 Å². The molecule has 0 spiro atoms. The summed E-state index contributed by atoms with van der Waals surface area (Å²) >= 11 is 0. The number of nitro benzene ring substituents is 1. The molecule has 2 N–H and O–H groups in total. The number of phenols is 1. The number of aromatic hydroxyl groups is 1. The normalized spacial score (nSPS) is 13.1. The zero-order valence-electron chi connectivity index (χ0n) is 17.5. The lowest BCUT2D eigenvalue weighted by atomic mass is 9.95. The van der Waals surface area contributed by atoms with E-state index in [2.05, 4.69) is 0 Å². The molecule has 0 saturated heterocycles. The number of carbonyl (C=O) groups excluding carboxylic acids is 1. The van der Waals surface area contributed by atoms with Crippen LogP contribution >= 0.6 is 0 Å². The molecule has 3 aromatic carbocycles. The van der Waals surface area contributed by atoms with Crippen LogP contribution in [0.4, 0.5) is 5.69 Å². The van der Waals surface area contributed by atoms with Gasteiger partial charge in [0.1, 0.15) is 6.61 Å². The van der Waals surface area contributed by atoms with Gasteiger partial charge < -0.3 is 14.9 Å². The van der Waals surface area contributed by atoms with E-state index in [0.717, 1.165) is 34.4 Å². The highest BCUT2D eigenvalue weighted by atomic mass is 16.6. The average Bonchev–Trinajstić information content (AvgIpc) is 3.12. The van der Waals surface area contributed by atoms with Crippen molar-refractivity contribution in [3.05, 3.63) is 93.5 Å². The van der Waals surface area contributed by atoms with Gasteiger partial charge in [0, 0.05) is 12.0 Å². The van der Waals surface area contributed by atoms with Crippen molar-refractivity contribution in [1.29, 1.82) is 0 Å². The summed E-state index contributed by atoms with van der Waals surface area (Å²) in [6.45, 7) is 0.0872. The Hall–Kier alpha value is -4.20. The Balaban J connectivity index is 1.44. The zero-order chi connectivity index (χ0) is 23.5. The van der Waals surface area contributed by atoms with Crippen molar-refractivity contribution in [2.24, 2.45) is 5.92 Å². The number of hydrogen-bond donors (Lipinski definition) is 2.